The summed E-state index contributed by atoms with van der Waals surface area (Å²) in [6.07, 6.45) is -1.34. The van der Waals surface area contributed by atoms with Crippen molar-refractivity contribution in [1.29, 1.82) is 5.26 Å². The summed E-state index contributed by atoms with van der Waals surface area (Å²) < 4.78 is 37.6. The third kappa shape index (κ3) is 2.78. The Balaban J connectivity index is 1.95. The molecule has 0 amide bonds. The Bertz CT molecular complexity index is 336. The van der Waals surface area contributed by atoms with Crippen LogP contribution in [-0.2, 0) is 0 Å². The lowest BCUT2D eigenvalue weighted by Gasteiger charge is -2.29. The Labute approximate surface area is 105 Å². The molecule has 2 aliphatic rings. The van der Waals surface area contributed by atoms with Crippen molar-refractivity contribution < 1.29 is 13.2 Å². The number of hydrogen-bond donors (Lipinski definition) is 1. The number of nitriles is 1. The normalized spacial score (nSPS) is 34.9. The van der Waals surface area contributed by atoms with Crippen LogP contribution in [0.25, 0.3) is 0 Å². The molecule has 6 heteroatoms. The van der Waals surface area contributed by atoms with E-state index in [-0.39, 0.29) is 12.6 Å². The molecule has 1 saturated heterocycles. The molecule has 4 atom stereocenters. The Hall–Kier alpha value is -0.800. The zero-order valence-electron chi connectivity index (χ0n) is 10.2. The van der Waals surface area contributed by atoms with Crippen molar-refractivity contribution in [3.05, 3.63) is 0 Å². The van der Waals surface area contributed by atoms with Crippen LogP contribution in [0.5, 0.6) is 0 Å². The van der Waals surface area contributed by atoms with Gasteiger partial charge in [0, 0.05) is 25.7 Å². The summed E-state index contributed by atoms with van der Waals surface area (Å²) in [7, 11) is 0. The van der Waals surface area contributed by atoms with Crippen LogP contribution >= 0.6 is 0 Å². The van der Waals surface area contributed by atoms with E-state index in [9.17, 15) is 13.2 Å². The van der Waals surface area contributed by atoms with E-state index < -0.39 is 12.1 Å². The second-order valence-electron chi connectivity index (χ2n) is 5.46. The molecule has 18 heavy (non-hydrogen) atoms. The monoisotopic (exact) mass is 261 g/mol. The Morgan fingerprint density at radius 2 is 2.06 bits per heavy atom. The summed E-state index contributed by atoms with van der Waals surface area (Å²) in [4.78, 5) is 1.77. The van der Waals surface area contributed by atoms with Gasteiger partial charge in [0.05, 0.1) is 6.07 Å². The first kappa shape index (κ1) is 13.6. The number of hydrogen-bond acceptors (Lipinski definition) is 3. The van der Waals surface area contributed by atoms with Crippen molar-refractivity contribution in [3.63, 3.8) is 0 Å². The predicted molar refractivity (Wildman–Crippen MR) is 60.4 cm³/mol. The molecule has 3 nitrogen and oxygen atoms in total. The molecular weight excluding hydrogens is 243 g/mol. The molecule has 0 aromatic rings. The molecule has 4 unspecified atom stereocenters. The van der Waals surface area contributed by atoms with Gasteiger partial charge >= 0.3 is 6.18 Å². The lowest BCUT2D eigenvalue weighted by atomic mass is 9.78. The van der Waals surface area contributed by atoms with E-state index in [2.05, 4.69) is 0 Å². The third-order valence-electron chi connectivity index (χ3n) is 4.22. The standard InChI is InChI=1S/C12H18F3N3/c13-12(14,15)9(4-16)6-18-5-8-2-1-3-11(17)10(8)7-18/h8-11H,1-3,5-7,17H2. The second kappa shape index (κ2) is 5.06. The zero-order valence-corrected chi connectivity index (χ0v) is 10.2. The topological polar surface area (TPSA) is 53.0 Å². The van der Waals surface area contributed by atoms with E-state index in [1.165, 1.54) is 6.07 Å². The molecule has 1 heterocycles. The molecule has 1 aliphatic heterocycles. The van der Waals surface area contributed by atoms with Crippen molar-refractivity contribution >= 4 is 0 Å². The van der Waals surface area contributed by atoms with Gasteiger partial charge in [-0.05, 0) is 24.7 Å². The van der Waals surface area contributed by atoms with Crippen molar-refractivity contribution in [2.75, 3.05) is 19.6 Å². The van der Waals surface area contributed by atoms with Crippen LogP contribution in [0.3, 0.4) is 0 Å². The largest absolute Gasteiger partial charge is 0.405 e. The third-order valence-corrected chi connectivity index (χ3v) is 4.22. The molecule has 2 N–H and O–H groups in total. The molecule has 102 valence electrons. The Kier molecular flexibility index (Phi) is 3.83. The van der Waals surface area contributed by atoms with E-state index in [1.807, 2.05) is 0 Å². The molecule has 2 rings (SSSR count). The smallest absolute Gasteiger partial charge is 0.327 e. The van der Waals surface area contributed by atoms with Gasteiger partial charge in [-0.25, -0.2) is 0 Å². The molecule has 0 spiro atoms. The highest BCUT2D eigenvalue weighted by molar-refractivity contribution is 4.97. The van der Waals surface area contributed by atoms with Gasteiger partial charge in [-0.15, -0.1) is 0 Å². The molecule has 2 fully saturated rings. The van der Waals surface area contributed by atoms with Gasteiger partial charge in [0.1, 0.15) is 0 Å². The first-order valence-corrected chi connectivity index (χ1v) is 6.36. The number of alkyl halides is 3. The number of nitrogens with zero attached hydrogens (tertiary/aromatic N) is 2. The summed E-state index contributed by atoms with van der Waals surface area (Å²) in [6.45, 7) is 1.06. The maximum atomic E-state index is 12.5. The van der Waals surface area contributed by atoms with Crippen LogP contribution in [-0.4, -0.2) is 36.8 Å². The fourth-order valence-corrected chi connectivity index (χ4v) is 3.23. The van der Waals surface area contributed by atoms with Crippen molar-refractivity contribution in [3.8, 4) is 6.07 Å². The van der Waals surface area contributed by atoms with E-state index in [0.717, 1.165) is 19.3 Å². The summed E-state index contributed by atoms with van der Waals surface area (Å²) in [5.41, 5.74) is 6.02. The fourth-order valence-electron chi connectivity index (χ4n) is 3.23. The van der Waals surface area contributed by atoms with Gasteiger partial charge < -0.3 is 10.6 Å². The fraction of sp³-hybridized carbons (Fsp3) is 0.917. The second-order valence-corrected chi connectivity index (χ2v) is 5.46. The van der Waals surface area contributed by atoms with Crippen LogP contribution in [0, 0.1) is 29.1 Å². The average Bonchev–Trinajstić information content (AvgIpc) is 2.68. The highest BCUT2D eigenvalue weighted by Crippen LogP contribution is 2.37. The zero-order chi connectivity index (χ0) is 13.3. The minimum atomic E-state index is -4.43. The lowest BCUT2D eigenvalue weighted by molar-refractivity contribution is -0.162. The van der Waals surface area contributed by atoms with E-state index in [1.54, 1.807) is 4.90 Å². The van der Waals surface area contributed by atoms with E-state index in [0.29, 0.717) is 24.9 Å². The molecule has 1 saturated carbocycles. The van der Waals surface area contributed by atoms with Gasteiger partial charge in [0.15, 0.2) is 5.92 Å². The van der Waals surface area contributed by atoms with Crippen LogP contribution < -0.4 is 5.73 Å². The van der Waals surface area contributed by atoms with Gasteiger partial charge in [-0.1, -0.05) is 6.42 Å². The number of fused-ring (bicyclic) bond motifs is 1. The van der Waals surface area contributed by atoms with Crippen LogP contribution in [0.15, 0.2) is 0 Å². The summed E-state index contributed by atoms with van der Waals surface area (Å²) in [5.74, 6) is -1.15. The predicted octanol–water partition coefficient (Wildman–Crippen LogP) is 1.75. The van der Waals surface area contributed by atoms with Crippen molar-refractivity contribution in [2.24, 2.45) is 23.5 Å². The SMILES string of the molecule is N#CC(CN1CC2CCCC(N)C2C1)C(F)(F)F. The van der Waals surface area contributed by atoms with Crippen molar-refractivity contribution in [1.82, 2.24) is 4.90 Å². The van der Waals surface area contributed by atoms with Crippen LogP contribution in [0.1, 0.15) is 19.3 Å². The van der Waals surface area contributed by atoms with Gasteiger partial charge in [0.2, 0.25) is 0 Å². The summed E-state index contributed by atoms with van der Waals surface area (Å²) >= 11 is 0. The van der Waals surface area contributed by atoms with Gasteiger partial charge in [-0.3, -0.25) is 0 Å². The molecule has 0 aromatic heterocycles. The Morgan fingerprint density at radius 3 is 2.61 bits per heavy atom. The van der Waals surface area contributed by atoms with E-state index >= 15 is 0 Å². The lowest BCUT2D eigenvalue weighted by Crippen LogP contribution is -2.39. The Morgan fingerprint density at radius 1 is 1.33 bits per heavy atom. The van der Waals surface area contributed by atoms with Crippen LogP contribution in [0.2, 0.25) is 0 Å². The van der Waals surface area contributed by atoms with Gasteiger partial charge in [0.25, 0.3) is 0 Å². The minimum Gasteiger partial charge on any atom is -0.327 e. The average molecular weight is 261 g/mol. The number of rotatable bonds is 2. The number of nitrogens with two attached hydrogens (primary N) is 1. The minimum absolute atomic E-state index is 0.111. The molecule has 0 aromatic carbocycles. The molecular formula is C12H18F3N3. The van der Waals surface area contributed by atoms with Crippen molar-refractivity contribution in [2.45, 2.75) is 31.5 Å². The van der Waals surface area contributed by atoms with Gasteiger partial charge in [-0.2, -0.15) is 18.4 Å². The van der Waals surface area contributed by atoms with Crippen LogP contribution in [0.4, 0.5) is 13.2 Å². The maximum Gasteiger partial charge on any atom is 0.405 e. The highest BCUT2D eigenvalue weighted by Gasteiger charge is 2.44. The number of likely N-dealkylation sites (tertiary alicyclic amines) is 1. The maximum absolute atomic E-state index is 12.5. The molecule has 0 bridgehead atoms. The highest BCUT2D eigenvalue weighted by atomic mass is 19.4. The first-order valence-electron chi connectivity index (χ1n) is 6.36. The summed E-state index contributed by atoms with van der Waals surface area (Å²) in [5, 5.41) is 8.61. The van der Waals surface area contributed by atoms with E-state index in [4.69, 9.17) is 11.0 Å². The molecule has 0 radical (unpaired) electrons. The number of halogens is 3. The first-order chi connectivity index (χ1) is 8.41. The summed E-state index contributed by atoms with van der Waals surface area (Å²) in [6, 6.07) is 1.47. The molecule has 1 aliphatic carbocycles. The quantitative estimate of drug-likeness (QED) is 0.824.